The van der Waals surface area contributed by atoms with Gasteiger partial charge in [0.15, 0.2) is 0 Å². The first-order valence-electron chi connectivity index (χ1n) is 4.24. The van der Waals surface area contributed by atoms with Crippen molar-refractivity contribution >= 4 is 12.6 Å². The fourth-order valence-corrected chi connectivity index (χ4v) is 1.16. The summed E-state index contributed by atoms with van der Waals surface area (Å²) in [5.74, 6) is 0.426. The zero-order valence-corrected chi connectivity index (χ0v) is 8.10. The number of aromatic nitrogens is 1. The van der Waals surface area contributed by atoms with Gasteiger partial charge in [-0.25, -0.2) is 0 Å². The molecule has 0 saturated heterocycles. The van der Waals surface area contributed by atoms with E-state index in [1.54, 1.807) is 6.92 Å². The quantitative estimate of drug-likeness (QED) is 0.582. The standard InChI is InChI=1S/C8H12BNO4/c1-3-10-5-6(14-2)4-7(8(10)11)9(12)13/h4-5,12-13H,3H2,1-2H3. The Morgan fingerprint density at radius 2 is 2.21 bits per heavy atom. The highest BCUT2D eigenvalue weighted by molar-refractivity contribution is 6.58. The first kappa shape index (κ1) is 10.8. The molecule has 1 heterocycles. The monoisotopic (exact) mass is 197 g/mol. The lowest BCUT2D eigenvalue weighted by Gasteiger charge is -2.08. The summed E-state index contributed by atoms with van der Waals surface area (Å²) >= 11 is 0. The van der Waals surface area contributed by atoms with Gasteiger partial charge in [0.05, 0.1) is 12.6 Å². The van der Waals surface area contributed by atoms with Crippen LogP contribution in [-0.4, -0.2) is 28.8 Å². The number of aryl methyl sites for hydroxylation is 1. The van der Waals surface area contributed by atoms with Gasteiger partial charge in [0.25, 0.3) is 5.56 Å². The fraction of sp³-hybridized carbons (Fsp3) is 0.375. The van der Waals surface area contributed by atoms with Crippen LogP contribution in [0, 0.1) is 0 Å². The van der Waals surface area contributed by atoms with E-state index in [0.29, 0.717) is 12.3 Å². The molecule has 0 radical (unpaired) electrons. The van der Waals surface area contributed by atoms with Gasteiger partial charge in [-0.1, -0.05) is 0 Å². The topological polar surface area (TPSA) is 71.7 Å². The van der Waals surface area contributed by atoms with Crippen LogP contribution in [0.1, 0.15) is 6.92 Å². The summed E-state index contributed by atoms with van der Waals surface area (Å²) in [5.41, 5.74) is -0.491. The van der Waals surface area contributed by atoms with Crippen LogP contribution in [0.25, 0.3) is 0 Å². The molecule has 0 spiro atoms. The summed E-state index contributed by atoms with van der Waals surface area (Å²) in [6, 6.07) is 1.32. The molecule has 76 valence electrons. The maximum absolute atomic E-state index is 11.5. The van der Waals surface area contributed by atoms with E-state index in [2.05, 4.69) is 0 Å². The van der Waals surface area contributed by atoms with Gasteiger partial charge >= 0.3 is 7.12 Å². The lowest BCUT2D eigenvalue weighted by atomic mass is 9.81. The second kappa shape index (κ2) is 4.30. The third-order valence-electron chi connectivity index (χ3n) is 1.94. The van der Waals surface area contributed by atoms with Crippen molar-refractivity contribution in [3.05, 3.63) is 22.6 Å². The summed E-state index contributed by atoms with van der Waals surface area (Å²) < 4.78 is 6.28. The Labute approximate surface area is 81.7 Å². The minimum atomic E-state index is -1.77. The van der Waals surface area contributed by atoms with Crippen LogP contribution in [0.4, 0.5) is 0 Å². The van der Waals surface area contributed by atoms with E-state index in [0.717, 1.165) is 0 Å². The smallest absolute Gasteiger partial charge is 0.494 e. The van der Waals surface area contributed by atoms with Crippen LogP contribution in [0.2, 0.25) is 0 Å². The largest absolute Gasteiger partial charge is 0.495 e. The van der Waals surface area contributed by atoms with Crippen LogP contribution in [0.15, 0.2) is 17.1 Å². The first-order valence-corrected chi connectivity index (χ1v) is 4.24. The van der Waals surface area contributed by atoms with Gasteiger partial charge in [0.1, 0.15) is 5.75 Å². The van der Waals surface area contributed by atoms with Gasteiger partial charge in [-0.3, -0.25) is 4.79 Å². The fourth-order valence-electron chi connectivity index (χ4n) is 1.16. The van der Waals surface area contributed by atoms with E-state index < -0.39 is 12.7 Å². The third kappa shape index (κ3) is 1.97. The zero-order valence-electron chi connectivity index (χ0n) is 8.10. The average molecular weight is 197 g/mol. The molecule has 5 nitrogen and oxygen atoms in total. The molecule has 6 heteroatoms. The molecule has 0 aliphatic heterocycles. The Bertz CT molecular complexity index is 374. The van der Waals surface area contributed by atoms with E-state index >= 15 is 0 Å². The van der Waals surface area contributed by atoms with Crippen molar-refractivity contribution < 1.29 is 14.8 Å². The molecule has 0 bridgehead atoms. The molecule has 0 atom stereocenters. The Morgan fingerprint density at radius 1 is 1.57 bits per heavy atom. The minimum absolute atomic E-state index is 0.0776. The van der Waals surface area contributed by atoms with Crippen molar-refractivity contribution in [2.45, 2.75) is 13.5 Å². The van der Waals surface area contributed by atoms with Gasteiger partial charge in [0.2, 0.25) is 0 Å². The second-order valence-corrected chi connectivity index (χ2v) is 2.80. The normalized spacial score (nSPS) is 10.0. The van der Waals surface area contributed by atoms with E-state index in [4.69, 9.17) is 14.8 Å². The molecule has 0 saturated carbocycles. The predicted octanol–water partition coefficient (Wildman–Crippen LogP) is -1.44. The van der Waals surface area contributed by atoms with Crippen LogP contribution in [0.3, 0.4) is 0 Å². The summed E-state index contributed by atoms with van der Waals surface area (Å²) in [5, 5.41) is 17.9. The molecule has 0 aliphatic carbocycles. The van der Waals surface area contributed by atoms with E-state index in [1.807, 2.05) is 0 Å². The number of nitrogens with zero attached hydrogens (tertiary/aromatic N) is 1. The molecule has 2 N–H and O–H groups in total. The zero-order chi connectivity index (χ0) is 10.7. The maximum Gasteiger partial charge on any atom is 0.494 e. The number of ether oxygens (including phenoxy) is 1. The summed E-state index contributed by atoms with van der Waals surface area (Å²) in [7, 11) is -0.316. The van der Waals surface area contributed by atoms with Gasteiger partial charge in [-0.2, -0.15) is 0 Å². The molecular weight excluding hydrogens is 185 g/mol. The van der Waals surface area contributed by atoms with Crippen molar-refractivity contribution in [2.75, 3.05) is 7.11 Å². The Hall–Kier alpha value is -1.27. The van der Waals surface area contributed by atoms with E-state index in [9.17, 15) is 4.79 Å². The third-order valence-corrected chi connectivity index (χ3v) is 1.94. The average Bonchev–Trinajstić information content (AvgIpc) is 2.17. The van der Waals surface area contributed by atoms with Crippen LogP contribution in [-0.2, 0) is 6.54 Å². The molecule has 1 aromatic rings. The van der Waals surface area contributed by atoms with Crippen molar-refractivity contribution in [3.63, 3.8) is 0 Å². The highest BCUT2D eigenvalue weighted by Gasteiger charge is 2.18. The molecule has 0 unspecified atom stereocenters. The Morgan fingerprint density at radius 3 is 2.64 bits per heavy atom. The lowest BCUT2D eigenvalue weighted by molar-refractivity contribution is 0.405. The summed E-state index contributed by atoms with van der Waals surface area (Å²) in [6.45, 7) is 2.24. The molecular formula is C8H12BNO4. The molecule has 0 amide bonds. The second-order valence-electron chi connectivity index (χ2n) is 2.80. The Kier molecular flexibility index (Phi) is 3.32. The van der Waals surface area contributed by atoms with Crippen LogP contribution in [0.5, 0.6) is 5.75 Å². The van der Waals surface area contributed by atoms with Crippen molar-refractivity contribution in [1.82, 2.24) is 4.57 Å². The summed E-state index contributed by atoms with van der Waals surface area (Å²) in [6.07, 6.45) is 1.52. The van der Waals surface area contributed by atoms with Gasteiger partial charge in [-0.05, 0) is 13.0 Å². The first-order chi connectivity index (χ1) is 6.60. The highest BCUT2D eigenvalue weighted by atomic mass is 16.5. The van der Waals surface area contributed by atoms with Gasteiger partial charge < -0.3 is 19.4 Å². The van der Waals surface area contributed by atoms with Gasteiger partial charge in [0, 0.05) is 12.7 Å². The Balaban J connectivity index is 3.35. The van der Waals surface area contributed by atoms with Crippen molar-refractivity contribution in [2.24, 2.45) is 0 Å². The predicted molar refractivity (Wildman–Crippen MR) is 52.8 cm³/mol. The molecule has 0 aliphatic rings. The minimum Gasteiger partial charge on any atom is -0.495 e. The van der Waals surface area contributed by atoms with Gasteiger partial charge in [-0.15, -0.1) is 0 Å². The van der Waals surface area contributed by atoms with E-state index in [-0.39, 0.29) is 5.46 Å². The van der Waals surface area contributed by atoms with Crippen LogP contribution < -0.4 is 15.8 Å². The number of rotatable bonds is 3. The van der Waals surface area contributed by atoms with Crippen molar-refractivity contribution in [1.29, 1.82) is 0 Å². The lowest BCUT2D eigenvalue weighted by Crippen LogP contribution is -2.45. The molecule has 1 aromatic heterocycles. The molecule has 0 fully saturated rings. The SMILES string of the molecule is CCn1cc(OC)cc(B(O)O)c1=O. The van der Waals surface area contributed by atoms with Crippen molar-refractivity contribution in [3.8, 4) is 5.75 Å². The number of hydrogen-bond donors (Lipinski definition) is 2. The number of methoxy groups -OCH3 is 1. The maximum atomic E-state index is 11.5. The molecule has 14 heavy (non-hydrogen) atoms. The number of pyridine rings is 1. The molecule has 0 aromatic carbocycles. The highest BCUT2D eigenvalue weighted by Crippen LogP contribution is 2.03. The van der Waals surface area contributed by atoms with E-state index in [1.165, 1.54) is 23.9 Å². The van der Waals surface area contributed by atoms with Crippen LogP contribution >= 0.6 is 0 Å². The summed E-state index contributed by atoms with van der Waals surface area (Å²) in [4.78, 5) is 11.5. The molecule has 1 rings (SSSR count). The number of hydrogen-bond acceptors (Lipinski definition) is 4.